The molecule has 1 N–H and O–H groups in total. The quantitative estimate of drug-likeness (QED) is 0.687. The van der Waals surface area contributed by atoms with Gasteiger partial charge in [-0.3, -0.25) is 10.1 Å². The summed E-state index contributed by atoms with van der Waals surface area (Å²) < 4.78 is 0. The molecule has 0 saturated carbocycles. The Hall–Kier alpha value is -1.47. The highest BCUT2D eigenvalue weighted by atomic mass is 32.2. The van der Waals surface area contributed by atoms with Gasteiger partial charge in [-0.15, -0.1) is 0 Å². The Labute approximate surface area is 131 Å². The van der Waals surface area contributed by atoms with Gasteiger partial charge in [0.25, 0.3) is 5.69 Å². The molecule has 1 aliphatic rings. The van der Waals surface area contributed by atoms with Crippen molar-refractivity contribution in [2.24, 2.45) is 0 Å². The van der Waals surface area contributed by atoms with Crippen LogP contribution in [0.5, 0.6) is 0 Å². The minimum atomic E-state index is -0.382. The lowest BCUT2D eigenvalue weighted by atomic mass is 10.1. The fourth-order valence-corrected chi connectivity index (χ4v) is 4.95. The molecule has 1 aromatic heterocycles. The number of non-ortho nitro benzene ring substituents is 1. The van der Waals surface area contributed by atoms with Crippen molar-refractivity contribution in [1.29, 1.82) is 0 Å². The lowest BCUT2D eigenvalue weighted by molar-refractivity contribution is -0.383. The molecular formula is C14H15N3O2S2. The molecule has 1 fully saturated rings. The highest BCUT2D eigenvalue weighted by Gasteiger charge is 2.17. The zero-order chi connectivity index (χ0) is 14.7. The van der Waals surface area contributed by atoms with Crippen LogP contribution in [-0.4, -0.2) is 39.0 Å². The topological polar surface area (TPSA) is 68.1 Å². The lowest BCUT2D eigenvalue weighted by Crippen LogP contribution is -2.23. The highest BCUT2D eigenvalue weighted by molar-refractivity contribution is 8.06. The van der Waals surface area contributed by atoms with Crippen molar-refractivity contribution in [3.05, 3.63) is 40.6 Å². The number of aromatic nitrogens is 1. The van der Waals surface area contributed by atoms with Gasteiger partial charge in [-0.2, -0.15) is 23.5 Å². The normalized spacial score (nSPS) is 18.6. The van der Waals surface area contributed by atoms with E-state index in [0.717, 1.165) is 23.4 Å². The first kappa shape index (κ1) is 14.5. The Kier molecular flexibility index (Phi) is 4.50. The molecule has 3 rings (SSSR count). The first-order valence-corrected chi connectivity index (χ1v) is 8.91. The number of anilines is 1. The average Bonchev–Trinajstić information content (AvgIpc) is 2.53. The van der Waals surface area contributed by atoms with Gasteiger partial charge in [-0.05, 0) is 18.2 Å². The van der Waals surface area contributed by atoms with Gasteiger partial charge in [-0.25, -0.2) is 4.98 Å². The Balaban J connectivity index is 1.85. The number of nitro groups is 1. The Bertz CT molecular complexity index is 660. The van der Waals surface area contributed by atoms with Crippen LogP contribution in [0.25, 0.3) is 10.9 Å². The molecular weight excluding hydrogens is 306 g/mol. The maximum Gasteiger partial charge on any atom is 0.295 e. The average molecular weight is 321 g/mol. The molecule has 2 aromatic rings. The number of benzene rings is 1. The van der Waals surface area contributed by atoms with Crippen molar-refractivity contribution in [2.75, 3.05) is 29.1 Å². The van der Waals surface area contributed by atoms with Crippen LogP contribution in [0.15, 0.2) is 30.5 Å². The number of hydrogen-bond donors (Lipinski definition) is 1. The number of nitrogens with one attached hydrogen (secondary N) is 1. The van der Waals surface area contributed by atoms with Crippen LogP contribution in [0.3, 0.4) is 0 Å². The van der Waals surface area contributed by atoms with Crippen molar-refractivity contribution >= 4 is 45.8 Å². The second-order valence-corrected chi connectivity index (χ2v) is 7.30. The predicted molar refractivity (Wildman–Crippen MR) is 90.5 cm³/mol. The number of nitro benzene ring substituents is 1. The van der Waals surface area contributed by atoms with E-state index in [4.69, 9.17) is 0 Å². The van der Waals surface area contributed by atoms with Crippen LogP contribution >= 0.6 is 23.5 Å². The van der Waals surface area contributed by atoms with E-state index < -0.39 is 0 Å². The van der Waals surface area contributed by atoms with Gasteiger partial charge in [0.1, 0.15) is 5.52 Å². The second kappa shape index (κ2) is 6.53. The van der Waals surface area contributed by atoms with E-state index in [1.165, 1.54) is 17.6 Å². The van der Waals surface area contributed by atoms with Gasteiger partial charge in [0.2, 0.25) is 0 Å². The van der Waals surface area contributed by atoms with Crippen LogP contribution < -0.4 is 5.32 Å². The minimum Gasteiger partial charge on any atom is -0.383 e. The molecule has 0 aliphatic carbocycles. The number of rotatable bonds is 4. The number of pyridine rings is 1. The summed E-state index contributed by atoms with van der Waals surface area (Å²) >= 11 is 3.97. The molecule has 0 bridgehead atoms. The Morgan fingerprint density at radius 3 is 3.05 bits per heavy atom. The van der Waals surface area contributed by atoms with Crippen molar-refractivity contribution in [3.8, 4) is 0 Å². The molecule has 1 atom stereocenters. The highest BCUT2D eigenvalue weighted by Crippen LogP contribution is 2.30. The summed E-state index contributed by atoms with van der Waals surface area (Å²) in [5, 5.41) is 15.9. The summed E-state index contributed by atoms with van der Waals surface area (Å²) in [4.78, 5) is 14.9. The summed E-state index contributed by atoms with van der Waals surface area (Å²) in [5.41, 5.74) is 1.41. The fraction of sp³-hybridized carbons (Fsp3) is 0.357. The van der Waals surface area contributed by atoms with E-state index in [1.54, 1.807) is 12.3 Å². The summed E-state index contributed by atoms with van der Waals surface area (Å²) in [6.45, 7) is 0.874. The number of thioether (sulfide) groups is 2. The predicted octanol–water partition coefficient (Wildman–Crippen LogP) is 3.40. The molecule has 2 heterocycles. The summed E-state index contributed by atoms with van der Waals surface area (Å²) in [6.07, 6.45) is 1.59. The smallest absolute Gasteiger partial charge is 0.295 e. The molecule has 1 aliphatic heterocycles. The number of nitrogens with zero attached hydrogens (tertiary/aromatic N) is 2. The Morgan fingerprint density at radius 1 is 1.38 bits per heavy atom. The number of hydrogen-bond acceptors (Lipinski definition) is 6. The molecule has 0 radical (unpaired) electrons. The van der Waals surface area contributed by atoms with Gasteiger partial charge in [0.15, 0.2) is 0 Å². The van der Waals surface area contributed by atoms with Crippen LogP contribution in [0.4, 0.5) is 11.4 Å². The van der Waals surface area contributed by atoms with E-state index in [2.05, 4.69) is 10.3 Å². The third-order valence-electron chi connectivity index (χ3n) is 3.35. The zero-order valence-corrected chi connectivity index (χ0v) is 13.0. The van der Waals surface area contributed by atoms with Crippen LogP contribution in [-0.2, 0) is 0 Å². The fourth-order valence-electron chi connectivity index (χ4n) is 2.34. The van der Waals surface area contributed by atoms with Crippen molar-refractivity contribution in [2.45, 2.75) is 5.25 Å². The van der Waals surface area contributed by atoms with E-state index in [1.807, 2.05) is 35.7 Å². The maximum atomic E-state index is 11.1. The molecule has 0 spiro atoms. The maximum absolute atomic E-state index is 11.1. The first-order valence-electron chi connectivity index (χ1n) is 6.71. The third kappa shape index (κ3) is 3.24. The molecule has 110 valence electrons. The SMILES string of the molecule is O=[N+]([O-])c1ccc(NCC2CSCCS2)c2cccnc12. The van der Waals surface area contributed by atoms with Gasteiger partial charge < -0.3 is 5.32 Å². The summed E-state index contributed by atoms with van der Waals surface area (Å²) in [6, 6.07) is 6.99. The first-order chi connectivity index (χ1) is 10.3. The van der Waals surface area contributed by atoms with Crippen LogP contribution in [0.2, 0.25) is 0 Å². The molecule has 21 heavy (non-hydrogen) atoms. The van der Waals surface area contributed by atoms with Crippen LogP contribution in [0, 0.1) is 10.1 Å². The monoisotopic (exact) mass is 321 g/mol. The van der Waals surface area contributed by atoms with Crippen molar-refractivity contribution < 1.29 is 4.92 Å². The van der Waals surface area contributed by atoms with Gasteiger partial charge in [0.05, 0.1) is 4.92 Å². The van der Waals surface area contributed by atoms with E-state index in [-0.39, 0.29) is 10.6 Å². The lowest BCUT2D eigenvalue weighted by Gasteiger charge is -2.22. The standard InChI is InChI=1S/C14H15N3O2S2/c18-17(19)13-4-3-12(11-2-1-5-15-14(11)13)16-8-10-9-20-6-7-21-10/h1-5,10,16H,6-9H2. The van der Waals surface area contributed by atoms with Gasteiger partial charge in [-0.1, -0.05) is 0 Å². The van der Waals surface area contributed by atoms with Gasteiger partial charge in [0, 0.05) is 52.4 Å². The van der Waals surface area contributed by atoms with Crippen molar-refractivity contribution in [1.82, 2.24) is 4.98 Å². The molecule has 1 saturated heterocycles. The van der Waals surface area contributed by atoms with E-state index in [9.17, 15) is 10.1 Å². The third-order valence-corrected chi connectivity index (χ3v) is 6.20. The molecule has 5 nitrogen and oxygen atoms in total. The molecule has 1 aromatic carbocycles. The van der Waals surface area contributed by atoms with Crippen LogP contribution in [0.1, 0.15) is 0 Å². The summed E-state index contributed by atoms with van der Waals surface area (Å²) in [7, 11) is 0. The van der Waals surface area contributed by atoms with E-state index >= 15 is 0 Å². The van der Waals surface area contributed by atoms with Crippen molar-refractivity contribution in [3.63, 3.8) is 0 Å². The molecule has 7 heteroatoms. The van der Waals surface area contributed by atoms with Gasteiger partial charge >= 0.3 is 0 Å². The number of fused-ring (bicyclic) bond motifs is 1. The van der Waals surface area contributed by atoms with E-state index in [0.29, 0.717) is 10.8 Å². The molecule has 0 amide bonds. The summed E-state index contributed by atoms with van der Waals surface area (Å²) in [5.74, 6) is 3.58. The zero-order valence-electron chi connectivity index (χ0n) is 11.3. The minimum absolute atomic E-state index is 0.0544. The largest absolute Gasteiger partial charge is 0.383 e. The Morgan fingerprint density at radius 2 is 2.29 bits per heavy atom. The second-order valence-electron chi connectivity index (χ2n) is 4.74. The molecule has 1 unspecified atom stereocenters.